The zero-order chi connectivity index (χ0) is 13.1. The van der Waals surface area contributed by atoms with Crippen molar-refractivity contribution in [2.24, 2.45) is 21.7 Å². The van der Waals surface area contributed by atoms with Crippen LogP contribution in [0.4, 0.5) is 17.6 Å². The van der Waals surface area contributed by atoms with Crippen LogP contribution in [-0.2, 0) is 6.18 Å². The van der Waals surface area contributed by atoms with Crippen molar-refractivity contribution in [1.82, 2.24) is 0 Å². The molecule has 9 heteroatoms. The van der Waals surface area contributed by atoms with Crippen molar-refractivity contribution in [2.75, 3.05) is 0 Å². The molecule has 0 aliphatic heterocycles. The van der Waals surface area contributed by atoms with Crippen molar-refractivity contribution in [3.63, 3.8) is 0 Å². The highest BCUT2D eigenvalue weighted by Gasteiger charge is 2.33. The summed E-state index contributed by atoms with van der Waals surface area (Å²) in [6, 6.07) is 2.43. The molecule has 0 aliphatic carbocycles. The topological polar surface area (TPSA) is 76.8 Å². The predicted octanol–water partition coefficient (Wildman–Crippen LogP) is 1.87. The largest absolute Gasteiger partial charge is 0.419 e. The average Bonchev–Trinajstić information content (AvgIpc) is 2.18. The monoisotopic (exact) mass is 284 g/mol. The molecule has 0 aromatic heterocycles. The van der Waals surface area contributed by atoms with Crippen LogP contribution >= 0.6 is 12.4 Å². The summed E-state index contributed by atoms with van der Waals surface area (Å²) in [7, 11) is 0. The smallest absolute Gasteiger partial charge is 0.369 e. The molecule has 0 bridgehead atoms. The molecule has 0 aliphatic rings. The van der Waals surface area contributed by atoms with Gasteiger partial charge < -0.3 is 11.5 Å². The van der Waals surface area contributed by atoms with E-state index in [2.05, 4.69) is 10.2 Å². The third-order valence-electron chi connectivity index (χ3n) is 1.68. The van der Waals surface area contributed by atoms with E-state index in [4.69, 9.17) is 11.5 Å². The second-order valence-electron chi connectivity index (χ2n) is 3.01. The first-order valence-electron chi connectivity index (χ1n) is 4.29. The summed E-state index contributed by atoms with van der Waals surface area (Å²) in [6.07, 6.45) is -3.78. The minimum Gasteiger partial charge on any atom is -0.369 e. The van der Waals surface area contributed by atoms with Crippen LogP contribution in [-0.4, -0.2) is 12.2 Å². The molecule has 1 aromatic carbocycles. The molecule has 1 aromatic rings. The molecule has 0 atom stereocenters. The Labute approximate surface area is 106 Å². The first kappa shape index (κ1) is 16.2. The molecule has 0 radical (unpaired) electrons. The van der Waals surface area contributed by atoms with E-state index < -0.39 is 17.6 Å². The Morgan fingerprint density at radius 3 is 2.33 bits per heavy atom. The third-order valence-corrected chi connectivity index (χ3v) is 1.68. The van der Waals surface area contributed by atoms with Crippen molar-refractivity contribution in [3.8, 4) is 0 Å². The van der Waals surface area contributed by atoms with Gasteiger partial charge in [-0.15, -0.1) is 17.5 Å². The van der Waals surface area contributed by atoms with Crippen molar-refractivity contribution in [2.45, 2.75) is 6.18 Å². The first-order chi connectivity index (χ1) is 7.80. The van der Waals surface area contributed by atoms with Gasteiger partial charge in [0.1, 0.15) is 5.82 Å². The summed E-state index contributed by atoms with van der Waals surface area (Å²) in [6.45, 7) is 0. The van der Waals surface area contributed by atoms with Crippen LogP contribution in [0.3, 0.4) is 0 Å². The number of guanidine groups is 1. The molecule has 1 rings (SSSR count). The van der Waals surface area contributed by atoms with E-state index in [0.29, 0.717) is 12.1 Å². The lowest BCUT2D eigenvalue weighted by Crippen LogP contribution is -2.21. The summed E-state index contributed by atoms with van der Waals surface area (Å²) < 4.78 is 49.9. The lowest BCUT2D eigenvalue weighted by Gasteiger charge is -2.07. The number of halogens is 5. The highest BCUT2D eigenvalue weighted by Crippen LogP contribution is 2.31. The fraction of sp³-hybridized carbons (Fsp3) is 0.111. The second-order valence-corrected chi connectivity index (χ2v) is 3.01. The van der Waals surface area contributed by atoms with Crippen molar-refractivity contribution in [1.29, 1.82) is 0 Å². The van der Waals surface area contributed by atoms with Crippen LogP contribution in [0.15, 0.2) is 28.4 Å². The van der Waals surface area contributed by atoms with Crippen LogP contribution in [0.1, 0.15) is 11.1 Å². The van der Waals surface area contributed by atoms with Gasteiger partial charge in [0, 0.05) is 0 Å². The Hall–Kier alpha value is -1.83. The molecule has 4 nitrogen and oxygen atoms in total. The Bertz CT molecular complexity index is 466. The van der Waals surface area contributed by atoms with E-state index in [1.54, 1.807) is 0 Å². The summed E-state index contributed by atoms with van der Waals surface area (Å²) >= 11 is 0. The summed E-state index contributed by atoms with van der Waals surface area (Å²) in [5.74, 6) is -1.68. The Kier molecular flexibility index (Phi) is 5.57. The van der Waals surface area contributed by atoms with Crippen LogP contribution in [0, 0.1) is 5.82 Å². The van der Waals surface area contributed by atoms with Crippen LogP contribution < -0.4 is 11.5 Å². The Morgan fingerprint density at radius 1 is 1.22 bits per heavy atom. The van der Waals surface area contributed by atoms with Gasteiger partial charge in [-0.1, -0.05) is 6.07 Å². The maximum atomic E-state index is 12.9. The maximum absolute atomic E-state index is 12.9. The van der Waals surface area contributed by atoms with E-state index in [1.165, 1.54) is 0 Å². The molecule has 0 heterocycles. The van der Waals surface area contributed by atoms with E-state index in [1.807, 2.05) is 0 Å². The third kappa shape index (κ3) is 4.58. The van der Waals surface area contributed by atoms with Gasteiger partial charge in [-0.2, -0.15) is 18.3 Å². The molecule has 0 spiro atoms. The normalized spacial score (nSPS) is 11.1. The zero-order valence-corrected chi connectivity index (χ0v) is 9.60. The molecular formula is C9H9ClF4N4. The number of alkyl halides is 3. The summed E-state index contributed by atoms with van der Waals surface area (Å²) in [5.41, 5.74) is 8.57. The number of hydrogen-bond donors (Lipinski definition) is 2. The number of rotatable bonds is 2. The highest BCUT2D eigenvalue weighted by molar-refractivity contribution is 5.85. The fourth-order valence-corrected chi connectivity index (χ4v) is 1.00. The van der Waals surface area contributed by atoms with Gasteiger partial charge in [0.25, 0.3) is 0 Å². The van der Waals surface area contributed by atoms with Gasteiger partial charge in [0.05, 0.1) is 11.8 Å². The molecule has 0 saturated heterocycles. The lowest BCUT2D eigenvalue weighted by molar-refractivity contribution is -0.140. The van der Waals surface area contributed by atoms with E-state index in [-0.39, 0.29) is 23.9 Å². The summed E-state index contributed by atoms with van der Waals surface area (Å²) in [4.78, 5) is 0. The van der Waals surface area contributed by atoms with Crippen molar-refractivity contribution < 1.29 is 17.6 Å². The lowest BCUT2D eigenvalue weighted by atomic mass is 10.1. The quantitative estimate of drug-likeness (QED) is 0.376. The SMILES string of the molecule is Cl.NC(N)=NN=Cc1ccc(F)c(C(F)(F)F)c1. The molecular weight excluding hydrogens is 276 g/mol. The second kappa shape index (κ2) is 6.20. The first-order valence-corrected chi connectivity index (χ1v) is 4.29. The highest BCUT2D eigenvalue weighted by atomic mass is 35.5. The Balaban J connectivity index is 0.00000289. The average molecular weight is 285 g/mol. The van der Waals surface area contributed by atoms with E-state index in [9.17, 15) is 17.6 Å². The standard InChI is InChI=1S/C9H8F4N4.ClH/c10-7-2-1-5(4-16-17-8(14)15)3-6(7)9(11,12)13;/h1-4H,(H4,14,15,17);1H. The number of nitrogens with zero attached hydrogens (tertiary/aromatic N) is 2. The summed E-state index contributed by atoms with van der Waals surface area (Å²) in [5, 5.41) is 6.52. The van der Waals surface area contributed by atoms with Gasteiger partial charge in [-0.05, 0) is 17.7 Å². The molecule has 0 saturated carbocycles. The number of nitrogens with two attached hydrogens (primary N) is 2. The van der Waals surface area contributed by atoms with Crippen molar-refractivity contribution >= 4 is 24.6 Å². The van der Waals surface area contributed by atoms with Crippen LogP contribution in [0.5, 0.6) is 0 Å². The van der Waals surface area contributed by atoms with Crippen LogP contribution in [0.2, 0.25) is 0 Å². The van der Waals surface area contributed by atoms with Gasteiger partial charge >= 0.3 is 6.18 Å². The molecule has 0 fully saturated rings. The number of hydrogen-bond acceptors (Lipinski definition) is 2. The van der Waals surface area contributed by atoms with Crippen molar-refractivity contribution in [3.05, 3.63) is 35.1 Å². The van der Waals surface area contributed by atoms with Crippen LogP contribution in [0.25, 0.3) is 0 Å². The van der Waals surface area contributed by atoms with E-state index in [0.717, 1.165) is 12.3 Å². The fourth-order valence-electron chi connectivity index (χ4n) is 1.00. The molecule has 100 valence electrons. The maximum Gasteiger partial charge on any atom is 0.419 e. The predicted molar refractivity (Wildman–Crippen MR) is 62.1 cm³/mol. The molecule has 4 N–H and O–H groups in total. The molecule has 0 unspecified atom stereocenters. The van der Waals surface area contributed by atoms with Gasteiger partial charge in [-0.3, -0.25) is 0 Å². The van der Waals surface area contributed by atoms with Gasteiger partial charge in [-0.25, -0.2) is 4.39 Å². The zero-order valence-electron chi connectivity index (χ0n) is 8.78. The minimum absolute atomic E-state index is 0. The van der Waals surface area contributed by atoms with E-state index >= 15 is 0 Å². The minimum atomic E-state index is -4.76. The molecule has 0 amide bonds. The molecule has 18 heavy (non-hydrogen) atoms. The van der Waals surface area contributed by atoms with Gasteiger partial charge in [0.15, 0.2) is 0 Å². The number of benzene rings is 1. The van der Waals surface area contributed by atoms with Gasteiger partial charge in [0.2, 0.25) is 5.96 Å². The Morgan fingerprint density at radius 2 is 1.83 bits per heavy atom.